The van der Waals surface area contributed by atoms with E-state index >= 15 is 0 Å². The highest BCUT2D eigenvalue weighted by atomic mass is 35.5. The molecule has 0 atom stereocenters. The van der Waals surface area contributed by atoms with Crippen LogP contribution in [-0.2, 0) is 4.74 Å². The van der Waals surface area contributed by atoms with Crippen LogP contribution in [0.15, 0.2) is 78.6 Å². The molecule has 21 heavy (non-hydrogen) atoms. The van der Waals surface area contributed by atoms with E-state index in [4.69, 9.17) is 16.3 Å². The van der Waals surface area contributed by atoms with Crippen molar-refractivity contribution in [1.82, 2.24) is 0 Å². The van der Waals surface area contributed by atoms with Gasteiger partial charge in [0.05, 0.1) is 11.8 Å². The first kappa shape index (κ1) is 15.1. The Labute approximate surface area is 129 Å². The summed E-state index contributed by atoms with van der Waals surface area (Å²) in [5.41, 5.74) is 2.43. The molecule has 0 amide bonds. The summed E-state index contributed by atoms with van der Waals surface area (Å²) < 4.78 is 5.08. The number of rotatable bonds is 5. The van der Waals surface area contributed by atoms with Crippen molar-refractivity contribution < 1.29 is 9.53 Å². The standard InChI is InChI=1S/C18H15ClO2/c19-14-16(13-15-7-3-1-4-8-15)11-12-21-18(20)17-9-5-2-6-10-17/h1-13H,14H2/b12-11+,16-13+. The number of ether oxygens (including phenoxy) is 1. The van der Waals surface area contributed by atoms with Gasteiger partial charge in [0.25, 0.3) is 0 Å². The molecule has 0 fully saturated rings. The molecule has 0 aliphatic carbocycles. The second-order valence-electron chi connectivity index (χ2n) is 4.34. The van der Waals surface area contributed by atoms with Gasteiger partial charge in [-0.25, -0.2) is 4.79 Å². The lowest BCUT2D eigenvalue weighted by molar-refractivity contribution is 0.0663. The van der Waals surface area contributed by atoms with Crippen LogP contribution >= 0.6 is 11.6 Å². The Morgan fingerprint density at radius 3 is 2.24 bits per heavy atom. The molecule has 0 bridgehead atoms. The van der Waals surface area contributed by atoms with Gasteiger partial charge in [0.1, 0.15) is 0 Å². The van der Waals surface area contributed by atoms with Crippen LogP contribution in [0.5, 0.6) is 0 Å². The van der Waals surface area contributed by atoms with Gasteiger partial charge in [0, 0.05) is 5.88 Å². The van der Waals surface area contributed by atoms with E-state index in [2.05, 4.69) is 0 Å². The van der Waals surface area contributed by atoms with Crippen LogP contribution in [0.25, 0.3) is 6.08 Å². The van der Waals surface area contributed by atoms with Gasteiger partial charge in [0.2, 0.25) is 0 Å². The van der Waals surface area contributed by atoms with Gasteiger partial charge in [-0.05, 0) is 29.3 Å². The average Bonchev–Trinajstić information content (AvgIpc) is 2.55. The number of carbonyl (C=O) groups excluding carboxylic acids is 1. The highest BCUT2D eigenvalue weighted by molar-refractivity contribution is 6.20. The Kier molecular flexibility index (Phi) is 5.80. The molecule has 0 saturated carbocycles. The number of halogens is 1. The monoisotopic (exact) mass is 298 g/mol. The lowest BCUT2D eigenvalue weighted by atomic mass is 10.1. The predicted octanol–water partition coefficient (Wildman–Crippen LogP) is 4.68. The topological polar surface area (TPSA) is 26.3 Å². The van der Waals surface area contributed by atoms with E-state index in [-0.39, 0.29) is 5.97 Å². The molecule has 0 heterocycles. The largest absolute Gasteiger partial charge is 0.431 e. The summed E-state index contributed by atoms with van der Waals surface area (Å²) in [6.45, 7) is 0. The summed E-state index contributed by atoms with van der Waals surface area (Å²) in [5, 5.41) is 0. The van der Waals surface area contributed by atoms with Crippen LogP contribution in [0.1, 0.15) is 15.9 Å². The Morgan fingerprint density at radius 1 is 1.00 bits per heavy atom. The third-order valence-corrected chi connectivity index (χ3v) is 3.08. The zero-order chi connectivity index (χ0) is 14.9. The SMILES string of the molecule is O=C(O/C=C/C(=C\c1ccccc1)CCl)c1ccccc1. The molecule has 0 aromatic heterocycles. The van der Waals surface area contributed by atoms with E-state index in [1.807, 2.05) is 42.5 Å². The molecule has 0 aliphatic heterocycles. The maximum atomic E-state index is 11.7. The second-order valence-corrected chi connectivity index (χ2v) is 4.60. The fraction of sp³-hybridized carbons (Fsp3) is 0.0556. The van der Waals surface area contributed by atoms with Gasteiger partial charge < -0.3 is 4.74 Å². The Balaban J connectivity index is 1.99. The van der Waals surface area contributed by atoms with Crippen LogP contribution < -0.4 is 0 Å². The molecule has 106 valence electrons. The van der Waals surface area contributed by atoms with E-state index in [9.17, 15) is 4.79 Å². The van der Waals surface area contributed by atoms with Gasteiger partial charge in [-0.1, -0.05) is 54.6 Å². The van der Waals surface area contributed by atoms with Gasteiger partial charge in [-0.15, -0.1) is 11.6 Å². The molecular formula is C18H15ClO2. The first-order valence-corrected chi connectivity index (χ1v) is 7.07. The molecule has 0 radical (unpaired) electrons. The van der Waals surface area contributed by atoms with Crippen LogP contribution in [-0.4, -0.2) is 11.8 Å². The van der Waals surface area contributed by atoms with E-state index in [0.29, 0.717) is 11.4 Å². The van der Waals surface area contributed by atoms with Crippen molar-refractivity contribution in [3.8, 4) is 0 Å². The first-order chi connectivity index (χ1) is 10.3. The van der Waals surface area contributed by atoms with Crippen molar-refractivity contribution in [3.05, 3.63) is 89.7 Å². The lowest BCUT2D eigenvalue weighted by Crippen LogP contribution is -1.99. The van der Waals surface area contributed by atoms with Crippen molar-refractivity contribution >= 4 is 23.6 Å². The number of benzene rings is 2. The fourth-order valence-corrected chi connectivity index (χ4v) is 1.89. The number of carbonyl (C=O) groups is 1. The lowest BCUT2D eigenvalue weighted by Gasteiger charge is -2.00. The van der Waals surface area contributed by atoms with Crippen LogP contribution in [0.4, 0.5) is 0 Å². The molecule has 2 aromatic carbocycles. The summed E-state index contributed by atoms with van der Waals surface area (Å²) in [7, 11) is 0. The molecule has 0 spiro atoms. The number of hydrogen-bond donors (Lipinski definition) is 0. The minimum Gasteiger partial charge on any atom is -0.431 e. The third-order valence-electron chi connectivity index (χ3n) is 2.77. The van der Waals surface area contributed by atoms with Crippen molar-refractivity contribution in [1.29, 1.82) is 0 Å². The summed E-state index contributed by atoms with van der Waals surface area (Å²) in [6, 6.07) is 18.7. The summed E-state index contributed by atoms with van der Waals surface area (Å²) >= 11 is 5.89. The number of esters is 1. The van der Waals surface area contributed by atoms with E-state index in [1.165, 1.54) is 6.26 Å². The van der Waals surface area contributed by atoms with Gasteiger partial charge in [0.15, 0.2) is 0 Å². The van der Waals surface area contributed by atoms with Crippen LogP contribution in [0, 0.1) is 0 Å². The maximum Gasteiger partial charge on any atom is 0.342 e. The van der Waals surface area contributed by atoms with Crippen molar-refractivity contribution in [2.24, 2.45) is 0 Å². The third kappa shape index (κ3) is 4.93. The highest BCUT2D eigenvalue weighted by Gasteiger charge is 2.03. The first-order valence-electron chi connectivity index (χ1n) is 6.54. The van der Waals surface area contributed by atoms with E-state index in [0.717, 1.165) is 11.1 Å². The summed E-state index contributed by atoms with van der Waals surface area (Å²) in [6.07, 6.45) is 5.01. The van der Waals surface area contributed by atoms with Crippen molar-refractivity contribution in [2.75, 3.05) is 5.88 Å². The number of alkyl halides is 1. The maximum absolute atomic E-state index is 11.7. The van der Waals surface area contributed by atoms with Gasteiger partial charge in [-0.2, -0.15) is 0 Å². The highest BCUT2D eigenvalue weighted by Crippen LogP contribution is 2.10. The Hall–Kier alpha value is -2.32. The minimum atomic E-state index is -0.388. The molecule has 3 heteroatoms. The molecular weight excluding hydrogens is 284 g/mol. The van der Waals surface area contributed by atoms with Crippen molar-refractivity contribution in [3.63, 3.8) is 0 Å². The van der Waals surface area contributed by atoms with Gasteiger partial charge in [-0.3, -0.25) is 0 Å². The normalized spacial score (nSPS) is 11.6. The van der Waals surface area contributed by atoms with Gasteiger partial charge >= 0.3 is 5.97 Å². The Bertz CT molecular complexity index is 631. The predicted molar refractivity (Wildman–Crippen MR) is 86.1 cm³/mol. The smallest absolute Gasteiger partial charge is 0.342 e. The average molecular weight is 299 g/mol. The zero-order valence-electron chi connectivity index (χ0n) is 11.4. The van der Waals surface area contributed by atoms with Crippen LogP contribution in [0.3, 0.4) is 0 Å². The van der Waals surface area contributed by atoms with E-state index < -0.39 is 0 Å². The molecule has 2 nitrogen and oxygen atoms in total. The summed E-state index contributed by atoms with van der Waals surface area (Å²) in [5.74, 6) is -0.0469. The minimum absolute atomic E-state index is 0.342. The zero-order valence-corrected chi connectivity index (χ0v) is 12.2. The quantitative estimate of drug-likeness (QED) is 0.347. The molecule has 0 aliphatic rings. The van der Waals surface area contributed by atoms with Crippen molar-refractivity contribution in [2.45, 2.75) is 0 Å². The summed E-state index contributed by atoms with van der Waals surface area (Å²) in [4.78, 5) is 11.7. The number of hydrogen-bond acceptors (Lipinski definition) is 2. The van der Waals surface area contributed by atoms with Crippen LogP contribution in [0.2, 0.25) is 0 Å². The molecule has 0 unspecified atom stereocenters. The number of allylic oxidation sites excluding steroid dienone is 2. The van der Waals surface area contributed by atoms with E-state index in [1.54, 1.807) is 30.3 Å². The Morgan fingerprint density at radius 2 is 1.62 bits per heavy atom. The molecule has 0 N–H and O–H groups in total. The second kappa shape index (κ2) is 8.08. The molecule has 0 saturated heterocycles. The fourth-order valence-electron chi connectivity index (χ4n) is 1.72. The molecule has 2 aromatic rings. The molecule has 2 rings (SSSR count).